The maximum absolute atomic E-state index is 13.6. The SMILES string of the molecule is CCN(CC(=O)Nc1c(F)cccc1F)c1ccc(C)cc1[N+](=O)[O-]. The third kappa shape index (κ3) is 4.28. The molecule has 132 valence electrons. The van der Waals surface area contributed by atoms with Crippen molar-refractivity contribution in [3.05, 3.63) is 63.7 Å². The summed E-state index contributed by atoms with van der Waals surface area (Å²) in [6.07, 6.45) is 0. The second kappa shape index (κ2) is 7.69. The molecule has 0 fully saturated rings. The van der Waals surface area contributed by atoms with Crippen molar-refractivity contribution in [2.75, 3.05) is 23.3 Å². The fraction of sp³-hybridized carbons (Fsp3) is 0.235. The number of aryl methyl sites for hydroxylation is 1. The fourth-order valence-corrected chi connectivity index (χ4v) is 2.38. The molecule has 2 aromatic rings. The van der Waals surface area contributed by atoms with Gasteiger partial charge >= 0.3 is 0 Å². The van der Waals surface area contributed by atoms with Crippen LogP contribution in [0.2, 0.25) is 0 Å². The van der Waals surface area contributed by atoms with E-state index in [1.165, 1.54) is 17.0 Å². The molecule has 0 heterocycles. The van der Waals surface area contributed by atoms with Crippen LogP contribution in [-0.4, -0.2) is 23.9 Å². The van der Waals surface area contributed by atoms with E-state index in [4.69, 9.17) is 0 Å². The summed E-state index contributed by atoms with van der Waals surface area (Å²) < 4.78 is 27.2. The van der Waals surface area contributed by atoms with Gasteiger partial charge in [0.05, 0.1) is 11.5 Å². The van der Waals surface area contributed by atoms with Crippen LogP contribution in [-0.2, 0) is 4.79 Å². The number of nitrogens with zero attached hydrogens (tertiary/aromatic N) is 2. The number of anilines is 2. The molecule has 0 aliphatic rings. The van der Waals surface area contributed by atoms with E-state index in [1.807, 2.05) is 0 Å². The van der Waals surface area contributed by atoms with Crippen LogP contribution >= 0.6 is 0 Å². The molecule has 0 radical (unpaired) electrons. The Morgan fingerprint density at radius 3 is 2.44 bits per heavy atom. The van der Waals surface area contributed by atoms with Gasteiger partial charge < -0.3 is 10.2 Å². The summed E-state index contributed by atoms with van der Waals surface area (Å²) in [5.41, 5.74) is 0.306. The fourth-order valence-electron chi connectivity index (χ4n) is 2.38. The molecule has 0 aromatic heterocycles. The minimum Gasteiger partial charge on any atom is -0.357 e. The molecule has 0 aliphatic carbocycles. The van der Waals surface area contributed by atoms with Gasteiger partial charge in [0.1, 0.15) is 23.0 Å². The maximum atomic E-state index is 13.6. The first-order valence-corrected chi connectivity index (χ1v) is 7.57. The number of rotatable bonds is 6. The van der Waals surface area contributed by atoms with Crippen molar-refractivity contribution in [3.8, 4) is 0 Å². The van der Waals surface area contributed by atoms with Gasteiger partial charge in [0, 0.05) is 12.6 Å². The number of hydrogen-bond donors (Lipinski definition) is 1. The van der Waals surface area contributed by atoms with Crippen LogP contribution in [0.25, 0.3) is 0 Å². The highest BCUT2D eigenvalue weighted by Gasteiger charge is 2.21. The molecule has 0 aliphatic heterocycles. The zero-order valence-electron chi connectivity index (χ0n) is 13.8. The van der Waals surface area contributed by atoms with Crippen molar-refractivity contribution in [2.24, 2.45) is 0 Å². The number of amides is 1. The third-order valence-corrected chi connectivity index (χ3v) is 3.61. The molecule has 1 amide bonds. The number of halogens is 2. The zero-order chi connectivity index (χ0) is 18.6. The number of benzene rings is 2. The molecule has 1 N–H and O–H groups in total. The Hall–Kier alpha value is -3.03. The summed E-state index contributed by atoms with van der Waals surface area (Å²) in [5.74, 6) is -2.46. The summed E-state index contributed by atoms with van der Waals surface area (Å²) in [4.78, 5) is 24.3. The molecule has 2 aromatic carbocycles. The Labute approximate surface area is 143 Å². The van der Waals surface area contributed by atoms with E-state index in [0.717, 1.165) is 12.1 Å². The highest BCUT2D eigenvalue weighted by atomic mass is 19.1. The quantitative estimate of drug-likeness (QED) is 0.638. The Morgan fingerprint density at radius 2 is 1.88 bits per heavy atom. The van der Waals surface area contributed by atoms with E-state index < -0.39 is 28.2 Å². The Balaban J connectivity index is 2.23. The first-order chi connectivity index (χ1) is 11.8. The van der Waals surface area contributed by atoms with Gasteiger partial charge in [-0.3, -0.25) is 14.9 Å². The minimum atomic E-state index is -0.891. The van der Waals surface area contributed by atoms with E-state index in [0.29, 0.717) is 12.1 Å². The van der Waals surface area contributed by atoms with Crippen LogP contribution in [0, 0.1) is 28.7 Å². The van der Waals surface area contributed by atoms with Crippen LogP contribution in [0.5, 0.6) is 0 Å². The largest absolute Gasteiger partial charge is 0.357 e. The van der Waals surface area contributed by atoms with E-state index in [9.17, 15) is 23.7 Å². The van der Waals surface area contributed by atoms with Gasteiger partial charge in [-0.1, -0.05) is 12.1 Å². The van der Waals surface area contributed by atoms with Gasteiger partial charge in [0.2, 0.25) is 5.91 Å². The van der Waals surface area contributed by atoms with Gasteiger partial charge in [-0.2, -0.15) is 0 Å². The second-order valence-corrected chi connectivity index (χ2v) is 5.41. The molecule has 0 bridgehead atoms. The van der Waals surface area contributed by atoms with Gasteiger partial charge in [0.15, 0.2) is 0 Å². The number of carbonyl (C=O) groups excluding carboxylic acids is 1. The van der Waals surface area contributed by atoms with E-state index in [-0.39, 0.29) is 17.9 Å². The van der Waals surface area contributed by atoms with E-state index in [1.54, 1.807) is 26.0 Å². The number of para-hydroxylation sites is 1. The summed E-state index contributed by atoms with van der Waals surface area (Å²) in [6.45, 7) is 3.46. The third-order valence-electron chi connectivity index (χ3n) is 3.61. The van der Waals surface area contributed by atoms with Crippen LogP contribution in [0.3, 0.4) is 0 Å². The lowest BCUT2D eigenvalue weighted by Gasteiger charge is -2.22. The first-order valence-electron chi connectivity index (χ1n) is 7.57. The predicted octanol–water partition coefficient (Wildman–Crippen LogP) is 3.65. The molecule has 2 rings (SSSR count). The lowest BCUT2D eigenvalue weighted by atomic mass is 10.1. The summed E-state index contributed by atoms with van der Waals surface area (Å²) in [6, 6.07) is 7.90. The number of carbonyl (C=O) groups is 1. The topological polar surface area (TPSA) is 75.5 Å². The maximum Gasteiger partial charge on any atom is 0.292 e. The molecule has 0 saturated carbocycles. The molecule has 6 nitrogen and oxygen atoms in total. The Morgan fingerprint density at radius 1 is 1.24 bits per heavy atom. The molecule has 0 spiro atoms. The van der Waals surface area contributed by atoms with Crippen molar-refractivity contribution in [3.63, 3.8) is 0 Å². The van der Waals surface area contributed by atoms with Crippen LogP contribution in [0.1, 0.15) is 12.5 Å². The highest BCUT2D eigenvalue weighted by Crippen LogP contribution is 2.29. The molecule has 8 heteroatoms. The molecule has 0 saturated heterocycles. The normalized spacial score (nSPS) is 10.4. The van der Waals surface area contributed by atoms with Crippen molar-refractivity contribution < 1.29 is 18.5 Å². The van der Waals surface area contributed by atoms with Crippen molar-refractivity contribution in [1.29, 1.82) is 0 Å². The summed E-state index contributed by atoms with van der Waals surface area (Å²) in [5, 5.41) is 13.4. The second-order valence-electron chi connectivity index (χ2n) is 5.41. The zero-order valence-corrected chi connectivity index (χ0v) is 13.8. The van der Waals surface area contributed by atoms with Crippen molar-refractivity contribution in [1.82, 2.24) is 0 Å². The number of nitro benzene ring substituents is 1. The van der Waals surface area contributed by atoms with Crippen LogP contribution < -0.4 is 10.2 Å². The van der Waals surface area contributed by atoms with Gasteiger partial charge in [-0.05, 0) is 37.6 Å². The van der Waals surface area contributed by atoms with E-state index in [2.05, 4.69) is 5.32 Å². The molecule has 0 unspecified atom stereocenters. The average molecular weight is 349 g/mol. The lowest BCUT2D eigenvalue weighted by molar-refractivity contribution is -0.384. The Kier molecular flexibility index (Phi) is 5.63. The summed E-state index contributed by atoms with van der Waals surface area (Å²) >= 11 is 0. The lowest BCUT2D eigenvalue weighted by Crippen LogP contribution is -2.34. The van der Waals surface area contributed by atoms with Gasteiger partial charge in [-0.25, -0.2) is 8.78 Å². The highest BCUT2D eigenvalue weighted by molar-refractivity contribution is 5.94. The van der Waals surface area contributed by atoms with Crippen LogP contribution in [0.4, 0.5) is 25.8 Å². The molecule has 0 atom stereocenters. The number of likely N-dealkylation sites (N-methyl/N-ethyl adjacent to an activating group) is 1. The smallest absolute Gasteiger partial charge is 0.292 e. The van der Waals surface area contributed by atoms with E-state index >= 15 is 0 Å². The Bertz CT molecular complexity index is 791. The van der Waals surface area contributed by atoms with Gasteiger partial charge in [-0.15, -0.1) is 0 Å². The number of nitro groups is 1. The van der Waals surface area contributed by atoms with Crippen molar-refractivity contribution >= 4 is 23.0 Å². The number of hydrogen-bond acceptors (Lipinski definition) is 4. The average Bonchev–Trinajstić information content (AvgIpc) is 2.56. The van der Waals surface area contributed by atoms with Crippen molar-refractivity contribution in [2.45, 2.75) is 13.8 Å². The monoisotopic (exact) mass is 349 g/mol. The predicted molar refractivity (Wildman–Crippen MR) is 90.7 cm³/mol. The van der Waals surface area contributed by atoms with Gasteiger partial charge in [0.25, 0.3) is 5.69 Å². The summed E-state index contributed by atoms with van der Waals surface area (Å²) in [7, 11) is 0. The number of nitrogens with one attached hydrogen (secondary N) is 1. The van der Waals surface area contributed by atoms with Crippen LogP contribution in [0.15, 0.2) is 36.4 Å². The minimum absolute atomic E-state index is 0.133. The molecular formula is C17H17F2N3O3. The molecule has 25 heavy (non-hydrogen) atoms. The first kappa shape index (κ1) is 18.3. The molecular weight excluding hydrogens is 332 g/mol. The standard InChI is InChI=1S/C17H17F2N3O3/c1-3-21(14-8-7-11(2)9-15(14)22(24)25)10-16(23)20-17-12(18)5-4-6-13(17)19/h4-9H,3,10H2,1-2H3,(H,20,23).